The summed E-state index contributed by atoms with van der Waals surface area (Å²) < 4.78 is 6.05. The molecule has 1 fully saturated rings. The van der Waals surface area contributed by atoms with E-state index in [9.17, 15) is 0 Å². The normalized spacial score (nSPS) is 16.3. The lowest BCUT2D eigenvalue weighted by Gasteiger charge is -2.17. The minimum Gasteiger partial charge on any atom is -0.490 e. The minimum absolute atomic E-state index is 0.224. The van der Waals surface area contributed by atoms with Crippen molar-refractivity contribution >= 4 is 5.96 Å². The van der Waals surface area contributed by atoms with Gasteiger partial charge >= 0.3 is 0 Å². The lowest BCUT2D eigenvalue weighted by Crippen LogP contribution is -2.38. The molecule has 2 N–H and O–H groups in total. The number of aryl methyl sites for hydroxylation is 1. The van der Waals surface area contributed by atoms with Crippen molar-refractivity contribution in [1.82, 2.24) is 10.6 Å². The molecule has 122 valence electrons. The molecule has 2 rings (SSSR count). The topological polar surface area (TPSA) is 45.7 Å². The lowest BCUT2D eigenvalue weighted by molar-refractivity contribution is 0.215. The van der Waals surface area contributed by atoms with Gasteiger partial charge in [-0.1, -0.05) is 19.1 Å². The minimum atomic E-state index is 0.224. The zero-order valence-electron chi connectivity index (χ0n) is 14.3. The third kappa shape index (κ3) is 5.24. The van der Waals surface area contributed by atoms with Gasteiger partial charge in [0.25, 0.3) is 0 Å². The second-order valence-electron chi connectivity index (χ2n) is 6.06. The Balaban J connectivity index is 2.08. The number of nitrogens with zero attached hydrogens (tertiary/aromatic N) is 1. The van der Waals surface area contributed by atoms with Crippen molar-refractivity contribution in [3.63, 3.8) is 0 Å². The van der Waals surface area contributed by atoms with E-state index in [1.807, 2.05) is 0 Å². The van der Waals surface area contributed by atoms with Gasteiger partial charge in [-0.25, -0.2) is 4.99 Å². The van der Waals surface area contributed by atoms with E-state index in [-0.39, 0.29) is 6.10 Å². The van der Waals surface area contributed by atoms with Gasteiger partial charge in [0, 0.05) is 18.2 Å². The third-order valence-corrected chi connectivity index (χ3v) is 3.80. The van der Waals surface area contributed by atoms with Crippen LogP contribution in [0.3, 0.4) is 0 Å². The fourth-order valence-corrected chi connectivity index (χ4v) is 2.11. The molecule has 4 nitrogen and oxygen atoms in total. The van der Waals surface area contributed by atoms with Gasteiger partial charge < -0.3 is 15.4 Å². The Kier molecular flexibility index (Phi) is 6.10. The van der Waals surface area contributed by atoms with Crippen LogP contribution in [-0.4, -0.2) is 24.7 Å². The second kappa shape index (κ2) is 8.06. The first-order chi connectivity index (χ1) is 10.6. The first-order valence-corrected chi connectivity index (χ1v) is 8.43. The van der Waals surface area contributed by atoms with Crippen LogP contribution in [0.1, 0.15) is 51.2 Å². The van der Waals surface area contributed by atoms with Crippen molar-refractivity contribution in [2.75, 3.05) is 6.54 Å². The lowest BCUT2D eigenvalue weighted by atomic mass is 10.1. The molecule has 22 heavy (non-hydrogen) atoms. The molecule has 1 aromatic rings. The molecule has 0 aromatic heterocycles. The SMILES string of the molecule is CCNC(=NCc1ccc(C)cc1OC(C)CC)NC1CC1. The van der Waals surface area contributed by atoms with Crippen molar-refractivity contribution in [3.8, 4) is 5.75 Å². The summed E-state index contributed by atoms with van der Waals surface area (Å²) in [6.07, 6.45) is 3.72. The van der Waals surface area contributed by atoms with Crippen LogP contribution < -0.4 is 15.4 Å². The summed E-state index contributed by atoms with van der Waals surface area (Å²) in [6, 6.07) is 6.96. The van der Waals surface area contributed by atoms with E-state index in [2.05, 4.69) is 56.5 Å². The van der Waals surface area contributed by atoms with Crippen molar-refractivity contribution in [3.05, 3.63) is 29.3 Å². The molecule has 0 spiro atoms. The standard InChI is InChI=1S/C18H29N3O/c1-5-14(4)22-17-11-13(3)7-8-15(17)12-20-18(19-6-2)21-16-9-10-16/h7-8,11,14,16H,5-6,9-10,12H2,1-4H3,(H2,19,20,21). The van der Waals surface area contributed by atoms with Crippen LogP contribution in [0.4, 0.5) is 0 Å². The molecule has 1 saturated carbocycles. The summed E-state index contributed by atoms with van der Waals surface area (Å²) in [5.74, 6) is 1.86. The van der Waals surface area contributed by atoms with Crippen molar-refractivity contribution in [1.29, 1.82) is 0 Å². The maximum atomic E-state index is 6.05. The van der Waals surface area contributed by atoms with Crippen molar-refractivity contribution in [2.24, 2.45) is 4.99 Å². The van der Waals surface area contributed by atoms with Crippen LogP contribution in [0.2, 0.25) is 0 Å². The van der Waals surface area contributed by atoms with Gasteiger partial charge in [-0.3, -0.25) is 0 Å². The average molecular weight is 303 g/mol. The number of hydrogen-bond acceptors (Lipinski definition) is 2. The van der Waals surface area contributed by atoms with Gasteiger partial charge in [-0.2, -0.15) is 0 Å². The molecule has 0 saturated heterocycles. The van der Waals surface area contributed by atoms with Crippen LogP contribution in [0.25, 0.3) is 0 Å². The Bertz CT molecular complexity index is 509. The number of nitrogens with one attached hydrogen (secondary N) is 2. The number of ether oxygens (including phenoxy) is 1. The summed E-state index contributed by atoms with van der Waals surface area (Å²) in [5.41, 5.74) is 2.35. The maximum absolute atomic E-state index is 6.05. The summed E-state index contributed by atoms with van der Waals surface area (Å²) >= 11 is 0. The van der Waals surface area contributed by atoms with Crippen molar-refractivity contribution < 1.29 is 4.74 Å². The first-order valence-electron chi connectivity index (χ1n) is 8.43. The number of aliphatic imine (C=N–C) groups is 1. The molecule has 0 aliphatic heterocycles. The molecule has 1 atom stereocenters. The second-order valence-corrected chi connectivity index (χ2v) is 6.06. The summed E-state index contributed by atoms with van der Waals surface area (Å²) in [5, 5.41) is 6.75. The van der Waals surface area contributed by atoms with Crippen LogP contribution in [0.5, 0.6) is 5.75 Å². The highest BCUT2D eigenvalue weighted by Crippen LogP contribution is 2.23. The van der Waals surface area contributed by atoms with Gasteiger partial charge in [0.2, 0.25) is 0 Å². The smallest absolute Gasteiger partial charge is 0.191 e. The molecule has 1 aliphatic carbocycles. The van der Waals surface area contributed by atoms with E-state index in [1.54, 1.807) is 0 Å². The fourth-order valence-electron chi connectivity index (χ4n) is 2.11. The predicted molar refractivity (Wildman–Crippen MR) is 92.5 cm³/mol. The molecule has 0 amide bonds. The fraction of sp³-hybridized carbons (Fsp3) is 0.611. The highest BCUT2D eigenvalue weighted by molar-refractivity contribution is 5.80. The van der Waals surface area contributed by atoms with Crippen LogP contribution in [-0.2, 0) is 6.54 Å². The van der Waals surface area contributed by atoms with Gasteiger partial charge in [-0.05, 0) is 51.7 Å². The van der Waals surface area contributed by atoms with Gasteiger partial charge in [-0.15, -0.1) is 0 Å². The molecule has 0 bridgehead atoms. The number of benzene rings is 1. The van der Waals surface area contributed by atoms with Gasteiger partial charge in [0.05, 0.1) is 12.6 Å². The Morgan fingerprint density at radius 3 is 2.77 bits per heavy atom. The Labute approximate surface area is 134 Å². The largest absolute Gasteiger partial charge is 0.490 e. The number of hydrogen-bond donors (Lipinski definition) is 2. The zero-order valence-corrected chi connectivity index (χ0v) is 14.3. The molecule has 0 radical (unpaired) electrons. The highest BCUT2D eigenvalue weighted by Gasteiger charge is 2.22. The summed E-state index contributed by atoms with van der Waals surface area (Å²) in [4.78, 5) is 4.70. The summed E-state index contributed by atoms with van der Waals surface area (Å²) in [6.45, 7) is 9.94. The molecule has 1 aromatic carbocycles. The Morgan fingerprint density at radius 1 is 1.36 bits per heavy atom. The van der Waals surface area contributed by atoms with E-state index in [4.69, 9.17) is 9.73 Å². The van der Waals surface area contributed by atoms with E-state index in [0.29, 0.717) is 12.6 Å². The molecule has 0 heterocycles. The Morgan fingerprint density at radius 2 is 2.14 bits per heavy atom. The molecule has 4 heteroatoms. The van der Waals surface area contributed by atoms with E-state index in [1.165, 1.54) is 18.4 Å². The van der Waals surface area contributed by atoms with Crippen LogP contribution >= 0.6 is 0 Å². The molecular weight excluding hydrogens is 274 g/mol. The monoisotopic (exact) mass is 303 g/mol. The van der Waals surface area contributed by atoms with Crippen molar-refractivity contribution in [2.45, 2.75) is 65.6 Å². The van der Waals surface area contributed by atoms with Gasteiger partial charge in [0.15, 0.2) is 5.96 Å². The highest BCUT2D eigenvalue weighted by atomic mass is 16.5. The zero-order chi connectivity index (χ0) is 15.9. The predicted octanol–water partition coefficient (Wildman–Crippen LogP) is 3.39. The molecule has 1 aliphatic rings. The average Bonchev–Trinajstić information content (AvgIpc) is 3.30. The Hall–Kier alpha value is -1.71. The van der Waals surface area contributed by atoms with Gasteiger partial charge in [0.1, 0.15) is 5.75 Å². The quantitative estimate of drug-likeness (QED) is 0.599. The van der Waals surface area contributed by atoms with Crippen LogP contribution in [0.15, 0.2) is 23.2 Å². The number of rotatable bonds is 7. The summed E-state index contributed by atoms with van der Waals surface area (Å²) in [7, 11) is 0. The van der Waals surface area contributed by atoms with E-state index >= 15 is 0 Å². The van der Waals surface area contributed by atoms with E-state index < -0.39 is 0 Å². The maximum Gasteiger partial charge on any atom is 0.191 e. The van der Waals surface area contributed by atoms with Crippen LogP contribution in [0, 0.1) is 6.92 Å². The number of guanidine groups is 1. The third-order valence-electron chi connectivity index (χ3n) is 3.80. The first kappa shape index (κ1) is 16.7. The molecular formula is C18H29N3O. The van der Waals surface area contributed by atoms with E-state index in [0.717, 1.165) is 30.2 Å². The molecule has 1 unspecified atom stereocenters.